The Balaban J connectivity index is 1.14. The summed E-state index contributed by atoms with van der Waals surface area (Å²) in [6.07, 6.45) is 11.3. The predicted octanol–water partition coefficient (Wildman–Crippen LogP) is 2.36. The number of hydrogen-bond acceptors (Lipinski definition) is 6. The van der Waals surface area contributed by atoms with Gasteiger partial charge in [-0.05, 0) is 63.6 Å². The smallest absolute Gasteiger partial charge is 0.224 e. The molecule has 7 nitrogen and oxygen atoms in total. The number of nitrogens with one attached hydrogen (secondary N) is 1. The highest BCUT2D eigenvalue weighted by atomic mass is 16.1. The van der Waals surface area contributed by atoms with E-state index in [-0.39, 0.29) is 11.8 Å². The number of piperidine rings is 2. The quantitative estimate of drug-likeness (QED) is 0.801. The van der Waals surface area contributed by atoms with Crippen LogP contribution in [0.2, 0.25) is 0 Å². The molecule has 2 aromatic rings. The minimum absolute atomic E-state index is 0.0839. The predicted molar refractivity (Wildman–Crippen MR) is 120 cm³/mol. The molecule has 3 aliphatic rings. The van der Waals surface area contributed by atoms with E-state index >= 15 is 0 Å². The molecule has 5 rings (SSSR count). The molecule has 4 heterocycles. The third kappa shape index (κ3) is 4.56. The lowest BCUT2D eigenvalue weighted by Gasteiger charge is -2.42. The van der Waals surface area contributed by atoms with Gasteiger partial charge in [0.05, 0.1) is 18.2 Å². The summed E-state index contributed by atoms with van der Waals surface area (Å²) in [5, 5.41) is 3.09. The van der Waals surface area contributed by atoms with Crippen molar-refractivity contribution in [2.75, 3.05) is 31.1 Å². The van der Waals surface area contributed by atoms with Crippen LogP contribution in [-0.4, -0.2) is 58.0 Å². The minimum atomic E-state index is 0.0839. The molecule has 0 radical (unpaired) electrons. The van der Waals surface area contributed by atoms with E-state index in [1.165, 1.54) is 23.5 Å². The Morgan fingerprint density at radius 2 is 1.94 bits per heavy atom. The number of carbonyl (C=O) groups is 1. The second kappa shape index (κ2) is 9.30. The fourth-order valence-corrected chi connectivity index (χ4v) is 5.43. The zero-order valence-corrected chi connectivity index (χ0v) is 18.2. The molecule has 1 N–H and O–H groups in total. The van der Waals surface area contributed by atoms with E-state index in [0.29, 0.717) is 12.6 Å². The van der Waals surface area contributed by atoms with E-state index in [4.69, 9.17) is 0 Å². The van der Waals surface area contributed by atoms with Gasteiger partial charge in [-0.25, -0.2) is 9.97 Å². The van der Waals surface area contributed by atoms with Gasteiger partial charge >= 0.3 is 0 Å². The second-order valence-corrected chi connectivity index (χ2v) is 9.07. The monoisotopic (exact) mass is 420 g/mol. The zero-order valence-electron chi connectivity index (χ0n) is 18.2. The molecule has 0 saturated carbocycles. The Morgan fingerprint density at radius 1 is 1.03 bits per heavy atom. The van der Waals surface area contributed by atoms with Crippen molar-refractivity contribution < 1.29 is 4.79 Å². The SMILES string of the molecule is O=C(NCc1ccccn1)[C@H]1CCCN(C2CCN(c3ncnc4c3CCC4)CC2)C1. The molecule has 31 heavy (non-hydrogen) atoms. The maximum Gasteiger partial charge on any atom is 0.224 e. The standard InChI is InChI=1S/C24H32N6O/c31-24(26-15-19-6-1-2-11-25-19)18-5-4-12-30(16-18)20-9-13-29(14-10-20)23-21-7-3-8-22(21)27-17-28-23/h1-2,6,11,17-18,20H,3-5,7-10,12-16H2,(H,26,31)/t18-/m0/s1. The number of likely N-dealkylation sites (tertiary alicyclic amines) is 1. The Labute approximate surface area is 184 Å². The summed E-state index contributed by atoms with van der Waals surface area (Å²) in [5.41, 5.74) is 3.54. The molecule has 2 fully saturated rings. The van der Waals surface area contributed by atoms with Crippen LogP contribution < -0.4 is 10.2 Å². The van der Waals surface area contributed by atoms with Gasteiger partial charge in [0, 0.05) is 43.1 Å². The first-order valence-electron chi connectivity index (χ1n) is 11.8. The van der Waals surface area contributed by atoms with Gasteiger partial charge in [0.15, 0.2) is 0 Å². The van der Waals surface area contributed by atoms with Crippen LogP contribution in [0.25, 0.3) is 0 Å². The number of aryl methyl sites for hydroxylation is 1. The summed E-state index contributed by atoms with van der Waals surface area (Å²) in [6, 6.07) is 6.37. The first-order valence-corrected chi connectivity index (χ1v) is 11.8. The molecule has 1 amide bonds. The van der Waals surface area contributed by atoms with Gasteiger partial charge in [-0.1, -0.05) is 6.07 Å². The zero-order chi connectivity index (χ0) is 21.0. The molecule has 1 aliphatic carbocycles. The van der Waals surface area contributed by atoms with Crippen molar-refractivity contribution in [3.8, 4) is 0 Å². The number of aromatic nitrogens is 3. The molecular weight excluding hydrogens is 388 g/mol. The molecule has 2 aliphatic heterocycles. The highest BCUT2D eigenvalue weighted by molar-refractivity contribution is 5.78. The number of nitrogens with zero attached hydrogens (tertiary/aromatic N) is 5. The van der Waals surface area contributed by atoms with Crippen LogP contribution in [0.4, 0.5) is 5.82 Å². The van der Waals surface area contributed by atoms with Crippen molar-refractivity contribution in [1.82, 2.24) is 25.2 Å². The van der Waals surface area contributed by atoms with Gasteiger partial charge in [0.1, 0.15) is 12.1 Å². The highest BCUT2D eigenvalue weighted by Gasteiger charge is 2.32. The van der Waals surface area contributed by atoms with Crippen LogP contribution in [0.15, 0.2) is 30.7 Å². The van der Waals surface area contributed by atoms with Crippen LogP contribution in [0.5, 0.6) is 0 Å². The lowest BCUT2D eigenvalue weighted by atomic mass is 9.93. The third-order valence-corrected chi connectivity index (χ3v) is 7.13. The maximum absolute atomic E-state index is 12.8. The maximum atomic E-state index is 12.8. The summed E-state index contributed by atoms with van der Waals surface area (Å²) < 4.78 is 0. The molecule has 2 aromatic heterocycles. The summed E-state index contributed by atoms with van der Waals surface area (Å²) in [6.45, 7) is 4.58. The number of fused-ring (bicyclic) bond motifs is 1. The number of pyridine rings is 1. The van der Waals surface area contributed by atoms with Crippen LogP contribution in [-0.2, 0) is 24.2 Å². The van der Waals surface area contributed by atoms with Crippen molar-refractivity contribution in [3.05, 3.63) is 47.7 Å². The van der Waals surface area contributed by atoms with E-state index in [9.17, 15) is 4.79 Å². The van der Waals surface area contributed by atoms with E-state index in [0.717, 1.165) is 70.4 Å². The van der Waals surface area contributed by atoms with Crippen molar-refractivity contribution >= 4 is 11.7 Å². The Kier molecular flexibility index (Phi) is 6.11. The topological polar surface area (TPSA) is 74.2 Å². The average molecular weight is 421 g/mol. The lowest BCUT2D eigenvalue weighted by Crippen LogP contribution is -2.51. The molecule has 2 saturated heterocycles. The number of amides is 1. The van der Waals surface area contributed by atoms with E-state index < -0.39 is 0 Å². The van der Waals surface area contributed by atoms with Crippen LogP contribution in [0.1, 0.15) is 49.1 Å². The largest absolute Gasteiger partial charge is 0.356 e. The number of hydrogen-bond donors (Lipinski definition) is 1. The van der Waals surface area contributed by atoms with Gasteiger partial charge in [-0.15, -0.1) is 0 Å². The summed E-state index contributed by atoms with van der Waals surface area (Å²) >= 11 is 0. The van der Waals surface area contributed by atoms with Gasteiger partial charge in [-0.2, -0.15) is 0 Å². The summed E-state index contributed by atoms with van der Waals surface area (Å²) in [4.78, 5) is 31.2. The van der Waals surface area contributed by atoms with Gasteiger partial charge < -0.3 is 10.2 Å². The molecule has 1 atom stereocenters. The number of carbonyl (C=O) groups excluding carboxylic acids is 1. The average Bonchev–Trinajstić information content (AvgIpc) is 3.32. The molecule has 0 spiro atoms. The fourth-order valence-electron chi connectivity index (χ4n) is 5.43. The Bertz CT molecular complexity index is 896. The fraction of sp³-hybridized carbons (Fsp3) is 0.583. The second-order valence-electron chi connectivity index (χ2n) is 9.07. The molecule has 0 aromatic carbocycles. The molecule has 0 unspecified atom stereocenters. The van der Waals surface area contributed by atoms with Crippen molar-refractivity contribution in [3.63, 3.8) is 0 Å². The van der Waals surface area contributed by atoms with Crippen molar-refractivity contribution in [1.29, 1.82) is 0 Å². The van der Waals surface area contributed by atoms with Gasteiger partial charge in [0.25, 0.3) is 0 Å². The summed E-state index contributed by atoms with van der Waals surface area (Å²) in [5.74, 6) is 1.43. The van der Waals surface area contributed by atoms with E-state index in [1.807, 2.05) is 18.2 Å². The Morgan fingerprint density at radius 3 is 2.77 bits per heavy atom. The number of anilines is 1. The van der Waals surface area contributed by atoms with Gasteiger partial charge in [0.2, 0.25) is 5.91 Å². The van der Waals surface area contributed by atoms with Gasteiger partial charge in [-0.3, -0.25) is 14.7 Å². The highest BCUT2D eigenvalue weighted by Crippen LogP contribution is 2.31. The van der Waals surface area contributed by atoms with E-state index in [2.05, 4.69) is 30.1 Å². The minimum Gasteiger partial charge on any atom is -0.356 e. The first kappa shape index (κ1) is 20.4. The van der Waals surface area contributed by atoms with Crippen LogP contribution in [0.3, 0.4) is 0 Å². The molecule has 0 bridgehead atoms. The van der Waals surface area contributed by atoms with Crippen LogP contribution >= 0.6 is 0 Å². The number of rotatable bonds is 5. The van der Waals surface area contributed by atoms with Crippen molar-refractivity contribution in [2.45, 2.75) is 57.5 Å². The first-order chi connectivity index (χ1) is 15.3. The summed E-state index contributed by atoms with van der Waals surface area (Å²) in [7, 11) is 0. The normalized spacial score (nSPS) is 22.3. The van der Waals surface area contributed by atoms with Crippen LogP contribution in [0, 0.1) is 5.92 Å². The molecule has 7 heteroatoms. The van der Waals surface area contributed by atoms with E-state index in [1.54, 1.807) is 12.5 Å². The third-order valence-electron chi connectivity index (χ3n) is 7.13. The Hall–Kier alpha value is -2.54. The van der Waals surface area contributed by atoms with Crippen molar-refractivity contribution in [2.24, 2.45) is 5.92 Å². The lowest BCUT2D eigenvalue weighted by molar-refractivity contribution is -0.127. The molecular formula is C24H32N6O. The molecule has 164 valence electrons.